The molecule has 1 rings (SSSR count). The minimum Gasteiger partial charge on any atom is -0.497 e. The maximum absolute atomic E-state index is 5.94. The van der Waals surface area contributed by atoms with Gasteiger partial charge in [-0.25, -0.2) is 0 Å². The summed E-state index contributed by atoms with van der Waals surface area (Å²) in [4.78, 5) is 0. The Kier molecular flexibility index (Phi) is 9.06. The van der Waals surface area contributed by atoms with Gasteiger partial charge in [0, 0.05) is 20.3 Å². The number of hydrogen-bond acceptors (Lipinski definition) is 4. The number of rotatable bonds is 11. The summed E-state index contributed by atoms with van der Waals surface area (Å²) in [6, 6.07) is 8.38. The van der Waals surface area contributed by atoms with E-state index in [0.29, 0.717) is 0 Å². The third-order valence-corrected chi connectivity index (χ3v) is 3.43. The highest BCUT2D eigenvalue weighted by Crippen LogP contribution is 2.22. The summed E-state index contributed by atoms with van der Waals surface area (Å²) >= 11 is 0. The quantitative estimate of drug-likeness (QED) is 0.637. The monoisotopic (exact) mass is 295 g/mol. The Labute approximate surface area is 128 Å². The van der Waals surface area contributed by atoms with Crippen LogP contribution in [0.3, 0.4) is 0 Å². The van der Waals surface area contributed by atoms with Crippen molar-refractivity contribution in [2.45, 2.75) is 38.8 Å². The van der Waals surface area contributed by atoms with Crippen LogP contribution in [0.2, 0.25) is 0 Å². The zero-order valence-electron chi connectivity index (χ0n) is 13.7. The van der Waals surface area contributed by atoms with Gasteiger partial charge in [-0.2, -0.15) is 0 Å². The van der Waals surface area contributed by atoms with Crippen LogP contribution in [0.5, 0.6) is 5.75 Å². The van der Waals surface area contributed by atoms with Gasteiger partial charge >= 0.3 is 0 Å². The van der Waals surface area contributed by atoms with E-state index in [-0.39, 0.29) is 12.1 Å². The molecule has 2 atom stereocenters. The molecular weight excluding hydrogens is 266 g/mol. The first-order valence-corrected chi connectivity index (χ1v) is 7.70. The molecule has 0 aliphatic heterocycles. The lowest BCUT2D eigenvalue weighted by Crippen LogP contribution is -2.33. The second-order valence-corrected chi connectivity index (χ2v) is 5.13. The van der Waals surface area contributed by atoms with E-state index >= 15 is 0 Å². The molecular formula is C17H29NO3. The van der Waals surface area contributed by atoms with Crippen molar-refractivity contribution in [2.24, 2.45) is 0 Å². The molecule has 0 aromatic heterocycles. The second-order valence-electron chi connectivity index (χ2n) is 5.13. The number of methoxy groups -OCH3 is 2. The Morgan fingerprint density at radius 1 is 1.10 bits per heavy atom. The highest BCUT2D eigenvalue weighted by molar-refractivity contribution is 5.29. The van der Waals surface area contributed by atoms with E-state index in [2.05, 4.69) is 31.3 Å². The number of ether oxygens (including phenoxy) is 3. The van der Waals surface area contributed by atoms with Gasteiger partial charge in [-0.05, 0) is 44.0 Å². The van der Waals surface area contributed by atoms with Crippen LogP contribution in [-0.2, 0) is 9.47 Å². The fraction of sp³-hybridized carbons (Fsp3) is 0.647. The Balaban J connectivity index is 2.63. The molecule has 4 nitrogen and oxygen atoms in total. The summed E-state index contributed by atoms with van der Waals surface area (Å²) in [5.41, 5.74) is 1.23. The van der Waals surface area contributed by atoms with Gasteiger partial charge in [0.05, 0.1) is 19.3 Å². The smallest absolute Gasteiger partial charge is 0.118 e. The van der Waals surface area contributed by atoms with E-state index in [1.54, 1.807) is 14.2 Å². The minimum absolute atomic E-state index is 0.113. The van der Waals surface area contributed by atoms with E-state index in [1.165, 1.54) is 5.56 Å². The highest BCUT2D eigenvalue weighted by Gasteiger charge is 2.19. The van der Waals surface area contributed by atoms with Crippen LogP contribution in [0.15, 0.2) is 24.3 Å². The maximum atomic E-state index is 5.94. The first kappa shape index (κ1) is 18.0. The molecule has 0 aliphatic rings. The van der Waals surface area contributed by atoms with E-state index in [0.717, 1.165) is 38.3 Å². The normalized spacial score (nSPS) is 13.9. The zero-order chi connectivity index (χ0) is 15.5. The molecule has 4 heteroatoms. The van der Waals surface area contributed by atoms with E-state index < -0.39 is 0 Å². The Morgan fingerprint density at radius 3 is 2.38 bits per heavy atom. The molecule has 0 aliphatic carbocycles. The summed E-state index contributed by atoms with van der Waals surface area (Å²) in [7, 11) is 3.40. The van der Waals surface area contributed by atoms with E-state index in [1.807, 2.05) is 12.1 Å². The Hall–Kier alpha value is -1.10. The van der Waals surface area contributed by atoms with Gasteiger partial charge in [0.2, 0.25) is 0 Å². The number of hydrogen-bond donors (Lipinski definition) is 1. The van der Waals surface area contributed by atoms with Crippen molar-refractivity contribution in [1.82, 2.24) is 5.32 Å². The molecule has 120 valence electrons. The van der Waals surface area contributed by atoms with Crippen molar-refractivity contribution >= 4 is 0 Å². The van der Waals surface area contributed by atoms with Crippen LogP contribution >= 0.6 is 0 Å². The van der Waals surface area contributed by atoms with Gasteiger partial charge in [-0.1, -0.05) is 19.1 Å². The standard InChI is InChI=1S/C17H29NO3/c1-5-11-18-17(14(2)21-13-6-12-19-3)15-7-9-16(20-4)10-8-15/h7-10,14,17-18H,5-6,11-13H2,1-4H3. The first-order chi connectivity index (χ1) is 10.2. The summed E-state index contributed by atoms with van der Waals surface area (Å²) in [6.45, 7) is 6.72. The molecule has 0 amide bonds. The van der Waals surface area contributed by atoms with Crippen molar-refractivity contribution in [3.8, 4) is 5.75 Å². The molecule has 0 bridgehead atoms. The van der Waals surface area contributed by atoms with Crippen LogP contribution in [0.25, 0.3) is 0 Å². The van der Waals surface area contributed by atoms with Gasteiger partial charge in [0.15, 0.2) is 0 Å². The molecule has 21 heavy (non-hydrogen) atoms. The SMILES string of the molecule is CCCNC(c1ccc(OC)cc1)C(C)OCCCOC. The third-order valence-electron chi connectivity index (χ3n) is 3.43. The van der Waals surface area contributed by atoms with Gasteiger partial charge < -0.3 is 19.5 Å². The summed E-state index contributed by atoms with van der Waals surface area (Å²) in [5, 5.41) is 3.57. The van der Waals surface area contributed by atoms with Gasteiger partial charge in [0.25, 0.3) is 0 Å². The number of nitrogens with one attached hydrogen (secondary N) is 1. The average molecular weight is 295 g/mol. The first-order valence-electron chi connectivity index (χ1n) is 7.70. The van der Waals surface area contributed by atoms with E-state index in [4.69, 9.17) is 14.2 Å². The summed E-state index contributed by atoms with van der Waals surface area (Å²) in [6.07, 6.45) is 2.13. The van der Waals surface area contributed by atoms with Crippen LogP contribution in [0, 0.1) is 0 Å². The molecule has 1 aromatic rings. The van der Waals surface area contributed by atoms with Gasteiger partial charge in [-0.3, -0.25) is 0 Å². The summed E-state index contributed by atoms with van der Waals surface area (Å²) < 4.78 is 16.2. The van der Waals surface area contributed by atoms with Crippen molar-refractivity contribution in [3.05, 3.63) is 29.8 Å². The van der Waals surface area contributed by atoms with Crippen molar-refractivity contribution in [1.29, 1.82) is 0 Å². The maximum Gasteiger partial charge on any atom is 0.118 e. The predicted octanol–water partition coefficient (Wildman–Crippen LogP) is 3.18. The summed E-state index contributed by atoms with van der Waals surface area (Å²) in [5.74, 6) is 0.877. The van der Waals surface area contributed by atoms with E-state index in [9.17, 15) is 0 Å². The van der Waals surface area contributed by atoms with Crippen LogP contribution in [0.4, 0.5) is 0 Å². The lowest BCUT2D eigenvalue weighted by molar-refractivity contribution is 0.0270. The molecule has 0 saturated heterocycles. The molecule has 1 aromatic carbocycles. The van der Waals surface area contributed by atoms with Crippen LogP contribution in [-0.4, -0.2) is 40.1 Å². The highest BCUT2D eigenvalue weighted by atomic mass is 16.5. The largest absolute Gasteiger partial charge is 0.497 e. The van der Waals surface area contributed by atoms with Crippen molar-refractivity contribution in [3.63, 3.8) is 0 Å². The molecule has 0 radical (unpaired) electrons. The van der Waals surface area contributed by atoms with Gasteiger partial charge in [-0.15, -0.1) is 0 Å². The Morgan fingerprint density at radius 2 is 1.81 bits per heavy atom. The zero-order valence-corrected chi connectivity index (χ0v) is 13.7. The second kappa shape index (κ2) is 10.6. The van der Waals surface area contributed by atoms with Crippen LogP contribution < -0.4 is 10.1 Å². The molecule has 0 saturated carbocycles. The lowest BCUT2D eigenvalue weighted by Gasteiger charge is -2.26. The lowest BCUT2D eigenvalue weighted by atomic mass is 10.0. The van der Waals surface area contributed by atoms with Crippen LogP contribution in [0.1, 0.15) is 38.3 Å². The topological polar surface area (TPSA) is 39.7 Å². The fourth-order valence-electron chi connectivity index (χ4n) is 2.23. The minimum atomic E-state index is 0.113. The molecule has 1 N–H and O–H groups in total. The predicted molar refractivity (Wildman–Crippen MR) is 85.9 cm³/mol. The van der Waals surface area contributed by atoms with Crippen molar-refractivity contribution in [2.75, 3.05) is 34.0 Å². The molecule has 0 heterocycles. The van der Waals surface area contributed by atoms with Gasteiger partial charge in [0.1, 0.15) is 5.75 Å². The fourth-order valence-corrected chi connectivity index (χ4v) is 2.23. The number of benzene rings is 1. The third kappa shape index (κ3) is 6.46. The Bertz CT molecular complexity index is 367. The van der Waals surface area contributed by atoms with Crippen molar-refractivity contribution < 1.29 is 14.2 Å². The average Bonchev–Trinajstić information content (AvgIpc) is 2.52. The molecule has 2 unspecified atom stereocenters. The molecule has 0 fully saturated rings. The molecule has 0 spiro atoms.